The van der Waals surface area contributed by atoms with Crippen LogP contribution < -0.4 is 5.32 Å². The highest BCUT2D eigenvalue weighted by molar-refractivity contribution is 5.20. The van der Waals surface area contributed by atoms with Gasteiger partial charge in [-0.25, -0.2) is 0 Å². The van der Waals surface area contributed by atoms with Crippen molar-refractivity contribution >= 4 is 0 Å². The van der Waals surface area contributed by atoms with E-state index in [1.54, 1.807) is 0 Å². The fourth-order valence-electron chi connectivity index (χ4n) is 2.44. The minimum atomic E-state index is 0.559. The highest BCUT2D eigenvalue weighted by Gasteiger charge is 2.22. The molecule has 1 unspecified atom stereocenters. The second-order valence-corrected chi connectivity index (χ2v) is 5.35. The van der Waals surface area contributed by atoms with Crippen LogP contribution in [0.25, 0.3) is 0 Å². The van der Waals surface area contributed by atoms with E-state index in [4.69, 9.17) is 0 Å². The molecule has 2 heteroatoms. The maximum absolute atomic E-state index is 3.51. The van der Waals surface area contributed by atoms with Crippen molar-refractivity contribution < 1.29 is 0 Å². The Morgan fingerprint density at radius 3 is 2.76 bits per heavy atom. The number of hydrogen-bond donors (Lipinski definition) is 1. The maximum Gasteiger partial charge on any atom is 0.0473 e. The summed E-state index contributed by atoms with van der Waals surface area (Å²) in [5, 5.41) is 3.51. The molecule has 0 saturated carbocycles. The fourth-order valence-corrected chi connectivity index (χ4v) is 2.44. The van der Waals surface area contributed by atoms with Crippen molar-refractivity contribution in [2.45, 2.75) is 26.3 Å². The van der Waals surface area contributed by atoms with Gasteiger partial charge in [0, 0.05) is 25.7 Å². The molecule has 1 aliphatic heterocycles. The van der Waals surface area contributed by atoms with Crippen molar-refractivity contribution in [3.8, 4) is 0 Å². The van der Waals surface area contributed by atoms with Crippen LogP contribution in [-0.2, 0) is 0 Å². The van der Waals surface area contributed by atoms with E-state index >= 15 is 0 Å². The standard InChI is InChI=1S/C15H24N2/c1-13(2)8-10-17-11-9-16-12-15(17)14-6-4-3-5-7-14/h3-7,13,15-16H,8-12H2,1-2H3. The summed E-state index contributed by atoms with van der Waals surface area (Å²) in [6, 6.07) is 11.4. The third-order valence-electron chi connectivity index (χ3n) is 3.53. The van der Waals surface area contributed by atoms with Crippen LogP contribution in [0.3, 0.4) is 0 Å². The second-order valence-electron chi connectivity index (χ2n) is 5.35. The zero-order valence-corrected chi connectivity index (χ0v) is 11.0. The lowest BCUT2D eigenvalue weighted by molar-refractivity contribution is 0.154. The zero-order valence-electron chi connectivity index (χ0n) is 11.0. The lowest BCUT2D eigenvalue weighted by atomic mass is 10.0. The molecule has 17 heavy (non-hydrogen) atoms. The van der Waals surface area contributed by atoms with E-state index < -0.39 is 0 Å². The van der Waals surface area contributed by atoms with Crippen LogP contribution in [0.15, 0.2) is 30.3 Å². The first kappa shape index (κ1) is 12.6. The number of piperazine rings is 1. The monoisotopic (exact) mass is 232 g/mol. The molecule has 1 aromatic carbocycles. The van der Waals surface area contributed by atoms with Crippen molar-refractivity contribution in [3.05, 3.63) is 35.9 Å². The lowest BCUT2D eigenvalue weighted by Crippen LogP contribution is -2.46. The SMILES string of the molecule is CC(C)CCN1CCNCC1c1ccccc1. The normalized spacial score (nSPS) is 21.9. The molecular weight excluding hydrogens is 208 g/mol. The van der Waals surface area contributed by atoms with E-state index in [9.17, 15) is 0 Å². The van der Waals surface area contributed by atoms with Crippen molar-refractivity contribution in [2.75, 3.05) is 26.2 Å². The molecule has 1 aromatic rings. The molecule has 1 N–H and O–H groups in total. The lowest BCUT2D eigenvalue weighted by Gasteiger charge is -2.37. The first-order chi connectivity index (χ1) is 8.27. The molecule has 1 heterocycles. The Labute approximate surface area is 105 Å². The third-order valence-corrected chi connectivity index (χ3v) is 3.53. The molecule has 1 atom stereocenters. The van der Waals surface area contributed by atoms with Crippen molar-refractivity contribution in [3.63, 3.8) is 0 Å². The topological polar surface area (TPSA) is 15.3 Å². The highest BCUT2D eigenvalue weighted by Crippen LogP contribution is 2.22. The Bertz CT molecular complexity index is 321. The van der Waals surface area contributed by atoms with E-state index in [0.29, 0.717) is 6.04 Å². The average Bonchev–Trinajstić information content (AvgIpc) is 2.38. The minimum Gasteiger partial charge on any atom is -0.314 e. The van der Waals surface area contributed by atoms with Gasteiger partial charge in [0.1, 0.15) is 0 Å². The van der Waals surface area contributed by atoms with Crippen LogP contribution in [0.4, 0.5) is 0 Å². The number of rotatable bonds is 4. The smallest absolute Gasteiger partial charge is 0.0473 e. The third kappa shape index (κ3) is 3.55. The molecule has 0 bridgehead atoms. The molecule has 0 radical (unpaired) electrons. The van der Waals surface area contributed by atoms with Gasteiger partial charge in [0.2, 0.25) is 0 Å². The van der Waals surface area contributed by atoms with Gasteiger partial charge in [-0.15, -0.1) is 0 Å². The van der Waals surface area contributed by atoms with Crippen LogP contribution in [0.5, 0.6) is 0 Å². The Morgan fingerprint density at radius 2 is 2.06 bits per heavy atom. The van der Waals surface area contributed by atoms with Crippen molar-refractivity contribution in [2.24, 2.45) is 5.92 Å². The molecule has 94 valence electrons. The molecule has 1 aliphatic rings. The van der Waals surface area contributed by atoms with Crippen LogP contribution in [0.2, 0.25) is 0 Å². The van der Waals surface area contributed by atoms with Gasteiger partial charge < -0.3 is 5.32 Å². The molecule has 2 rings (SSSR count). The van der Waals surface area contributed by atoms with Gasteiger partial charge in [0.05, 0.1) is 0 Å². The Morgan fingerprint density at radius 1 is 1.29 bits per heavy atom. The van der Waals surface area contributed by atoms with E-state index in [1.807, 2.05) is 0 Å². The Kier molecular flexibility index (Phi) is 4.57. The predicted octanol–water partition coefficient (Wildman–Crippen LogP) is 2.68. The van der Waals surface area contributed by atoms with E-state index in [1.165, 1.54) is 25.1 Å². The largest absolute Gasteiger partial charge is 0.314 e. The predicted molar refractivity (Wildman–Crippen MR) is 73.1 cm³/mol. The Hall–Kier alpha value is -0.860. The molecule has 0 spiro atoms. The number of nitrogens with one attached hydrogen (secondary N) is 1. The van der Waals surface area contributed by atoms with Gasteiger partial charge in [-0.3, -0.25) is 4.90 Å². The average molecular weight is 232 g/mol. The van der Waals surface area contributed by atoms with Gasteiger partial charge in [-0.05, 0) is 24.4 Å². The number of nitrogens with zero attached hydrogens (tertiary/aromatic N) is 1. The van der Waals surface area contributed by atoms with Crippen LogP contribution >= 0.6 is 0 Å². The first-order valence-corrected chi connectivity index (χ1v) is 6.77. The molecule has 1 fully saturated rings. The van der Waals surface area contributed by atoms with Gasteiger partial charge in [-0.2, -0.15) is 0 Å². The molecule has 1 saturated heterocycles. The van der Waals surface area contributed by atoms with Gasteiger partial charge in [-0.1, -0.05) is 44.2 Å². The summed E-state index contributed by atoms with van der Waals surface area (Å²) in [5.74, 6) is 0.793. The van der Waals surface area contributed by atoms with Crippen molar-refractivity contribution in [1.29, 1.82) is 0 Å². The van der Waals surface area contributed by atoms with Gasteiger partial charge >= 0.3 is 0 Å². The fraction of sp³-hybridized carbons (Fsp3) is 0.600. The maximum atomic E-state index is 3.51. The van der Waals surface area contributed by atoms with Crippen LogP contribution in [0, 0.1) is 5.92 Å². The molecule has 0 aromatic heterocycles. The zero-order chi connectivity index (χ0) is 12.1. The second kappa shape index (κ2) is 6.18. The summed E-state index contributed by atoms with van der Waals surface area (Å²) < 4.78 is 0. The van der Waals surface area contributed by atoms with Crippen molar-refractivity contribution in [1.82, 2.24) is 10.2 Å². The first-order valence-electron chi connectivity index (χ1n) is 6.77. The number of benzene rings is 1. The van der Waals surface area contributed by atoms with Gasteiger partial charge in [0.25, 0.3) is 0 Å². The summed E-state index contributed by atoms with van der Waals surface area (Å²) >= 11 is 0. The van der Waals surface area contributed by atoms with Crippen LogP contribution in [-0.4, -0.2) is 31.1 Å². The summed E-state index contributed by atoms with van der Waals surface area (Å²) in [4.78, 5) is 2.63. The summed E-state index contributed by atoms with van der Waals surface area (Å²) in [6.45, 7) is 9.22. The molecule has 0 amide bonds. The quantitative estimate of drug-likeness (QED) is 0.858. The summed E-state index contributed by atoms with van der Waals surface area (Å²) in [5.41, 5.74) is 1.45. The summed E-state index contributed by atoms with van der Waals surface area (Å²) in [6.07, 6.45) is 1.29. The number of hydrogen-bond acceptors (Lipinski definition) is 2. The summed E-state index contributed by atoms with van der Waals surface area (Å²) in [7, 11) is 0. The highest BCUT2D eigenvalue weighted by atomic mass is 15.2. The Balaban J connectivity index is 2.02. The molecular formula is C15H24N2. The molecule has 0 aliphatic carbocycles. The van der Waals surface area contributed by atoms with Crippen LogP contribution in [0.1, 0.15) is 31.9 Å². The van der Waals surface area contributed by atoms with Gasteiger partial charge in [0.15, 0.2) is 0 Å². The van der Waals surface area contributed by atoms with E-state index in [-0.39, 0.29) is 0 Å². The molecule has 2 nitrogen and oxygen atoms in total. The minimum absolute atomic E-state index is 0.559. The van der Waals surface area contributed by atoms with E-state index in [2.05, 4.69) is 54.4 Å². The van der Waals surface area contributed by atoms with E-state index in [0.717, 1.165) is 19.0 Å².